The third-order valence-corrected chi connectivity index (χ3v) is 7.93. The van der Waals surface area contributed by atoms with Crippen molar-refractivity contribution < 1.29 is 22.7 Å². The molecule has 1 amide bonds. The largest absolute Gasteiger partial charge is 0.493 e. The molecule has 7 nitrogen and oxygen atoms in total. The maximum Gasteiger partial charge on any atom is 0.243 e. The minimum Gasteiger partial charge on any atom is -0.493 e. The van der Waals surface area contributed by atoms with Gasteiger partial charge >= 0.3 is 0 Å². The molecule has 1 aliphatic rings. The van der Waals surface area contributed by atoms with Crippen molar-refractivity contribution in [3.05, 3.63) is 53.6 Å². The lowest BCUT2D eigenvalue weighted by Crippen LogP contribution is -2.43. The van der Waals surface area contributed by atoms with Crippen LogP contribution in [0.2, 0.25) is 0 Å². The number of methoxy groups -OCH3 is 2. The van der Waals surface area contributed by atoms with Gasteiger partial charge in [0.05, 0.1) is 25.2 Å². The Hall–Kier alpha value is -2.58. The molecule has 0 spiro atoms. The van der Waals surface area contributed by atoms with Gasteiger partial charge in [0.1, 0.15) is 0 Å². The van der Waals surface area contributed by atoms with E-state index in [1.807, 2.05) is 32.0 Å². The van der Waals surface area contributed by atoms with E-state index in [1.54, 1.807) is 38.5 Å². The Kier molecular flexibility index (Phi) is 7.79. The van der Waals surface area contributed by atoms with Crippen molar-refractivity contribution in [2.75, 3.05) is 27.3 Å². The molecule has 2 aromatic carbocycles. The number of amides is 1. The normalized spacial score (nSPS) is 16.4. The lowest BCUT2D eigenvalue weighted by Gasteiger charge is -2.31. The number of nitrogens with one attached hydrogen (secondary N) is 1. The number of nitrogens with zero attached hydrogens (tertiary/aromatic N) is 1. The van der Waals surface area contributed by atoms with E-state index < -0.39 is 10.0 Å². The number of benzene rings is 2. The van der Waals surface area contributed by atoms with Crippen LogP contribution in [0.4, 0.5) is 0 Å². The van der Waals surface area contributed by atoms with E-state index in [1.165, 1.54) is 4.31 Å². The highest BCUT2D eigenvalue weighted by Crippen LogP contribution is 2.31. The first-order valence-corrected chi connectivity index (χ1v) is 12.3. The zero-order valence-electron chi connectivity index (χ0n) is 19.1. The fourth-order valence-corrected chi connectivity index (χ4v) is 5.47. The first-order valence-electron chi connectivity index (χ1n) is 10.9. The number of hydrogen-bond donors (Lipinski definition) is 1. The highest BCUT2D eigenvalue weighted by molar-refractivity contribution is 7.89. The van der Waals surface area contributed by atoms with Crippen molar-refractivity contribution in [1.29, 1.82) is 0 Å². The van der Waals surface area contributed by atoms with Crippen LogP contribution in [0.3, 0.4) is 0 Å². The molecule has 32 heavy (non-hydrogen) atoms. The topological polar surface area (TPSA) is 84.9 Å². The molecule has 1 aliphatic heterocycles. The zero-order valence-corrected chi connectivity index (χ0v) is 19.9. The lowest BCUT2D eigenvalue weighted by molar-refractivity contribution is -0.126. The van der Waals surface area contributed by atoms with Crippen LogP contribution >= 0.6 is 0 Å². The Bertz CT molecular complexity index is 1030. The molecule has 0 bridgehead atoms. The predicted octanol–water partition coefficient (Wildman–Crippen LogP) is 3.68. The molecule has 0 aliphatic carbocycles. The van der Waals surface area contributed by atoms with Gasteiger partial charge < -0.3 is 14.8 Å². The van der Waals surface area contributed by atoms with Crippen LogP contribution in [-0.4, -0.2) is 45.9 Å². The third kappa shape index (κ3) is 5.24. The third-order valence-electron chi connectivity index (χ3n) is 6.02. The van der Waals surface area contributed by atoms with Crippen LogP contribution in [0.25, 0.3) is 0 Å². The second-order valence-corrected chi connectivity index (χ2v) is 10.0. The van der Waals surface area contributed by atoms with Crippen molar-refractivity contribution in [3.63, 3.8) is 0 Å². The van der Waals surface area contributed by atoms with Crippen molar-refractivity contribution in [2.24, 2.45) is 5.92 Å². The SMILES string of the molecule is CCC(NC(=O)C1CCN(S(=O)(=O)c2ccc(C)cc2)CC1)c1ccc(OC)c(OC)c1. The summed E-state index contributed by atoms with van der Waals surface area (Å²) < 4.78 is 37.9. The fraction of sp³-hybridized carbons (Fsp3) is 0.458. The van der Waals surface area contributed by atoms with Crippen LogP contribution < -0.4 is 14.8 Å². The number of carbonyl (C=O) groups is 1. The van der Waals surface area contributed by atoms with E-state index in [0.29, 0.717) is 42.3 Å². The molecule has 2 aromatic rings. The predicted molar refractivity (Wildman–Crippen MR) is 123 cm³/mol. The quantitative estimate of drug-likeness (QED) is 0.650. The second-order valence-electron chi connectivity index (χ2n) is 8.08. The van der Waals surface area contributed by atoms with Crippen LogP contribution in [0.15, 0.2) is 47.4 Å². The molecule has 8 heteroatoms. The second kappa shape index (κ2) is 10.4. The number of sulfonamides is 1. The fourth-order valence-electron chi connectivity index (χ4n) is 4.00. The minimum atomic E-state index is -3.54. The Balaban J connectivity index is 1.63. The van der Waals surface area contributed by atoms with Gasteiger partial charge in [0, 0.05) is 19.0 Å². The van der Waals surface area contributed by atoms with Gasteiger partial charge in [0.25, 0.3) is 0 Å². The van der Waals surface area contributed by atoms with E-state index in [-0.39, 0.29) is 17.9 Å². The first kappa shape index (κ1) is 24.1. The van der Waals surface area contributed by atoms with Crippen LogP contribution in [-0.2, 0) is 14.8 Å². The summed E-state index contributed by atoms with van der Waals surface area (Å²) in [7, 11) is -0.369. The summed E-state index contributed by atoms with van der Waals surface area (Å²) in [6, 6.07) is 12.3. The summed E-state index contributed by atoms with van der Waals surface area (Å²) in [6.07, 6.45) is 1.72. The summed E-state index contributed by atoms with van der Waals surface area (Å²) in [5.74, 6) is 1.000. The molecule has 1 saturated heterocycles. The molecule has 3 rings (SSSR count). The van der Waals surface area contributed by atoms with Gasteiger partial charge in [0.15, 0.2) is 11.5 Å². The van der Waals surface area contributed by atoms with Crippen LogP contribution in [0, 0.1) is 12.8 Å². The molecular formula is C24H32N2O5S. The van der Waals surface area contributed by atoms with Crippen molar-refractivity contribution in [2.45, 2.75) is 44.0 Å². The Morgan fingerprint density at radius 3 is 2.25 bits per heavy atom. The van der Waals surface area contributed by atoms with Crippen LogP contribution in [0.5, 0.6) is 11.5 Å². The molecule has 0 saturated carbocycles. The maximum absolute atomic E-state index is 12.9. The highest BCUT2D eigenvalue weighted by Gasteiger charge is 2.32. The molecule has 1 atom stereocenters. The van der Waals surface area contributed by atoms with Crippen molar-refractivity contribution in [1.82, 2.24) is 9.62 Å². The van der Waals surface area contributed by atoms with Gasteiger partial charge in [-0.15, -0.1) is 0 Å². The van der Waals surface area contributed by atoms with E-state index in [4.69, 9.17) is 9.47 Å². The monoisotopic (exact) mass is 460 g/mol. The van der Waals surface area contributed by atoms with E-state index >= 15 is 0 Å². The maximum atomic E-state index is 12.9. The zero-order chi connectivity index (χ0) is 23.3. The number of ether oxygens (including phenoxy) is 2. The number of hydrogen-bond acceptors (Lipinski definition) is 5. The number of aryl methyl sites for hydroxylation is 1. The molecule has 1 fully saturated rings. The van der Waals surface area contributed by atoms with Gasteiger partial charge in [-0.05, 0) is 56.0 Å². The standard InChI is InChI=1S/C24H32N2O5S/c1-5-21(19-8-11-22(30-3)23(16-19)31-4)25-24(27)18-12-14-26(15-13-18)32(28,29)20-9-6-17(2)7-10-20/h6-11,16,18,21H,5,12-15H2,1-4H3,(H,25,27). The Morgan fingerprint density at radius 2 is 1.69 bits per heavy atom. The Labute approximate surface area is 190 Å². The van der Waals surface area contributed by atoms with E-state index in [0.717, 1.165) is 17.5 Å². The lowest BCUT2D eigenvalue weighted by atomic mass is 9.95. The summed E-state index contributed by atoms with van der Waals surface area (Å²) >= 11 is 0. The summed E-state index contributed by atoms with van der Waals surface area (Å²) in [5, 5.41) is 3.13. The van der Waals surface area contributed by atoms with Gasteiger partial charge in [-0.3, -0.25) is 4.79 Å². The minimum absolute atomic E-state index is 0.0426. The van der Waals surface area contributed by atoms with Gasteiger partial charge in [-0.2, -0.15) is 4.31 Å². The average Bonchev–Trinajstić information content (AvgIpc) is 2.82. The molecule has 174 valence electrons. The average molecular weight is 461 g/mol. The Morgan fingerprint density at radius 1 is 1.06 bits per heavy atom. The summed E-state index contributed by atoms with van der Waals surface area (Å²) in [4.78, 5) is 13.2. The summed E-state index contributed by atoms with van der Waals surface area (Å²) in [6.45, 7) is 4.60. The molecule has 0 radical (unpaired) electrons. The number of carbonyl (C=O) groups excluding carboxylic acids is 1. The smallest absolute Gasteiger partial charge is 0.243 e. The van der Waals surface area contributed by atoms with Crippen molar-refractivity contribution >= 4 is 15.9 Å². The highest BCUT2D eigenvalue weighted by atomic mass is 32.2. The van der Waals surface area contributed by atoms with Crippen LogP contribution in [0.1, 0.15) is 43.4 Å². The summed E-state index contributed by atoms with van der Waals surface area (Å²) in [5.41, 5.74) is 1.96. The van der Waals surface area contributed by atoms with Crippen molar-refractivity contribution in [3.8, 4) is 11.5 Å². The number of rotatable bonds is 8. The first-order chi connectivity index (χ1) is 15.3. The molecule has 1 heterocycles. The number of piperidine rings is 1. The van der Waals surface area contributed by atoms with Gasteiger partial charge in [-0.1, -0.05) is 30.7 Å². The molecular weight excluding hydrogens is 428 g/mol. The molecule has 1 unspecified atom stereocenters. The van der Waals surface area contributed by atoms with Gasteiger partial charge in [-0.25, -0.2) is 8.42 Å². The van der Waals surface area contributed by atoms with E-state index in [9.17, 15) is 13.2 Å². The molecule has 0 aromatic heterocycles. The van der Waals surface area contributed by atoms with Gasteiger partial charge in [0.2, 0.25) is 15.9 Å². The molecule has 1 N–H and O–H groups in total. The van der Waals surface area contributed by atoms with E-state index in [2.05, 4.69) is 5.32 Å².